The first-order valence-electron chi connectivity index (χ1n) is 5.81. The number of aliphatic hydroxyl groups is 1. The fraction of sp³-hybridized carbons (Fsp3) is 1.00. The maximum atomic E-state index is 9.52. The van der Waals surface area contributed by atoms with E-state index < -0.39 is 0 Å². The topological polar surface area (TPSA) is 20.2 Å². The van der Waals surface area contributed by atoms with Gasteiger partial charge in [0.1, 0.15) is 0 Å². The minimum Gasteiger partial charge on any atom is -0.393 e. The molecule has 3 unspecified atom stereocenters. The number of rotatable bonds is 3. The van der Waals surface area contributed by atoms with Gasteiger partial charge in [-0.2, -0.15) is 0 Å². The normalized spacial score (nSPS) is 26.8. The van der Waals surface area contributed by atoms with Gasteiger partial charge in [0.25, 0.3) is 0 Å². The summed E-state index contributed by atoms with van der Waals surface area (Å²) in [7, 11) is 0. The van der Waals surface area contributed by atoms with Crippen molar-refractivity contribution >= 4 is 0 Å². The van der Waals surface area contributed by atoms with E-state index >= 15 is 0 Å². The molecule has 0 heterocycles. The predicted molar refractivity (Wildman–Crippen MR) is 56.6 cm³/mol. The van der Waals surface area contributed by atoms with Crippen LogP contribution in [-0.2, 0) is 0 Å². The molecular weight excluding hydrogens is 160 g/mol. The van der Waals surface area contributed by atoms with Crippen LogP contribution in [0.1, 0.15) is 52.9 Å². The summed E-state index contributed by atoms with van der Waals surface area (Å²) in [6, 6.07) is 0. The molecule has 0 saturated heterocycles. The van der Waals surface area contributed by atoms with Crippen LogP contribution in [0.3, 0.4) is 0 Å². The van der Waals surface area contributed by atoms with Crippen molar-refractivity contribution in [3.8, 4) is 0 Å². The zero-order valence-electron chi connectivity index (χ0n) is 9.29. The van der Waals surface area contributed by atoms with Crippen LogP contribution in [0.4, 0.5) is 0 Å². The molecule has 1 rings (SSSR count). The van der Waals surface area contributed by atoms with Crippen LogP contribution in [0.25, 0.3) is 0 Å². The van der Waals surface area contributed by atoms with E-state index in [0.717, 1.165) is 5.92 Å². The molecule has 0 amide bonds. The van der Waals surface area contributed by atoms with Crippen molar-refractivity contribution in [3.05, 3.63) is 0 Å². The molecule has 1 heteroatoms. The number of hydrogen-bond acceptors (Lipinski definition) is 1. The maximum absolute atomic E-state index is 9.52. The summed E-state index contributed by atoms with van der Waals surface area (Å²) >= 11 is 0. The third kappa shape index (κ3) is 2.98. The van der Waals surface area contributed by atoms with Gasteiger partial charge < -0.3 is 5.11 Å². The van der Waals surface area contributed by atoms with Crippen molar-refractivity contribution in [2.24, 2.45) is 17.8 Å². The van der Waals surface area contributed by atoms with E-state index in [1.807, 2.05) is 6.92 Å². The molecule has 0 aromatic rings. The molecule has 1 aliphatic rings. The molecule has 1 N–H and O–H groups in total. The Labute approximate surface area is 82.5 Å². The van der Waals surface area contributed by atoms with Gasteiger partial charge in [-0.3, -0.25) is 0 Å². The third-order valence-electron chi connectivity index (χ3n) is 3.98. The fourth-order valence-electron chi connectivity index (χ4n) is 2.53. The van der Waals surface area contributed by atoms with Crippen molar-refractivity contribution in [2.45, 2.75) is 59.0 Å². The second-order valence-electron chi connectivity index (χ2n) is 4.86. The first-order valence-corrected chi connectivity index (χ1v) is 5.81. The lowest BCUT2D eigenvalue weighted by atomic mass is 9.74. The lowest BCUT2D eigenvalue weighted by Crippen LogP contribution is -2.28. The minimum atomic E-state index is -0.142. The van der Waals surface area contributed by atoms with Gasteiger partial charge in [0, 0.05) is 0 Å². The summed E-state index contributed by atoms with van der Waals surface area (Å²) in [6.07, 6.45) is 6.86. The minimum absolute atomic E-state index is 0.142. The number of hydrogen-bond donors (Lipinski definition) is 1. The molecule has 1 aliphatic carbocycles. The van der Waals surface area contributed by atoms with Gasteiger partial charge in [-0.15, -0.1) is 0 Å². The molecule has 0 aliphatic heterocycles. The Morgan fingerprint density at radius 1 is 1.00 bits per heavy atom. The average molecular weight is 184 g/mol. The predicted octanol–water partition coefficient (Wildman–Crippen LogP) is 3.22. The molecule has 1 nitrogen and oxygen atoms in total. The van der Waals surface area contributed by atoms with Crippen LogP contribution in [0.2, 0.25) is 0 Å². The van der Waals surface area contributed by atoms with E-state index in [4.69, 9.17) is 0 Å². The zero-order chi connectivity index (χ0) is 9.84. The van der Waals surface area contributed by atoms with Crippen molar-refractivity contribution in [3.63, 3.8) is 0 Å². The van der Waals surface area contributed by atoms with Crippen LogP contribution >= 0.6 is 0 Å². The van der Waals surface area contributed by atoms with E-state index in [9.17, 15) is 5.11 Å². The molecule has 1 fully saturated rings. The molecule has 0 aromatic heterocycles. The van der Waals surface area contributed by atoms with Gasteiger partial charge in [-0.1, -0.05) is 46.0 Å². The average Bonchev–Trinajstić information content (AvgIpc) is 2.17. The monoisotopic (exact) mass is 184 g/mol. The van der Waals surface area contributed by atoms with E-state index in [1.54, 1.807) is 0 Å². The van der Waals surface area contributed by atoms with Gasteiger partial charge in [0.2, 0.25) is 0 Å². The van der Waals surface area contributed by atoms with E-state index in [-0.39, 0.29) is 6.10 Å². The smallest absolute Gasteiger partial charge is 0.0540 e. The van der Waals surface area contributed by atoms with Crippen molar-refractivity contribution in [1.29, 1.82) is 0 Å². The van der Waals surface area contributed by atoms with Gasteiger partial charge in [-0.05, 0) is 24.7 Å². The largest absolute Gasteiger partial charge is 0.393 e. The van der Waals surface area contributed by atoms with Crippen molar-refractivity contribution < 1.29 is 5.11 Å². The van der Waals surface area contributed by atoms with E-state index in [2.05, 4.69) is 13.8 Å². The van der Waals surface area contributed by atoms with Crippen LogP contribution in [0, 0.1) is 17.8 Å². The summed E-state index contributed by atoms with van der Waals surface area (Å²) in [4.78, 5) is 0. The fourth-order valence-corrected chi connectivity index (χ4v) is 2.53. The van der Waals surface area contributed by atoms with Crippen molar-refractivity contribution in [1.82, 2.24) is 0 Å². The van der Waals surface area contributed by atoms with Crippen molar-refractivity contribution in [2.75, 3.05) is 0 Å². The van der Waals surface area contributed by atoms with Gasteiger partial charge in [0.15, 0.2) is 0 Å². The summed E-state index contributed by atoms with van der Waals surface area (Å²) in [5.41, 5.74) is 0. The molecule has 0 aromatic carbocycles. The molecule has 3 atom stereocenters. The standard InChI is InChI=1S/C12H24O/c1-9(11(3)13)10(2)12-7-5-4-6-8-12/h9-13H,4-8H2,1-3H3. The Morgan fingerprint density at radius 2 is 1.54 bits per heavy atom. The van der Waals surface area contributed by atoms with Crippen LogP contribution < -0.4 is 0 Å². The molecule has 78 valence electrons. The van der Waals surface area contributed by atoms with Gasteiger partial charge >= 0.3 is 0 Å². The Kier molecular flexibility index (Phi) is 4.24. The molecule has 0 spiro atoms. The summed E-state index contributed by atoms with van der Waals surface area (Å²) < 4.78 is 0. The first-order chi connectivity index (χ1) is 6.13. The van der Waals surface area contributed by atoms with Gasteiger partial charge in [-0.25, -0.2) is 0 Å². The van der Waals surface area contributed by atoms with E-state index in [0.29, 0.717) is 11.8 Å². The highest BCUT2D eigenvalue weighted by molar-refractivity contribution is 4.76. The Morgan fingerprint density at radius 3 is 2.00 bits per heavy atom. The SMILES string of the molecule is CC(O)C(C)C(C)C1CCCCC1. The Hall–Kier alpha value is -0.0400. The first kappa shape index (κ1) is 11.0. The zero-order valence-corrected chi connectivity index (χ0v) is 9.29. The van der Waals surface area contributed by atoms with Crippen LogP contribution in [0.15, 0.2) is 0 Å². The highest BCUT2D eigenvalue weighted by atomic mass is 16.3. The van der Waals surface area contributed by atoms with E-state index in [1.165, 1.54) is 32.1 Å². The molecule has 0 radical (unpaired) electrons. The van der Waals surface area contributed by atoms with Crippen LogP contribution in [0.5, 0.6) is 0 Å². The summed E-state index contributed by atoms with van der Waals surface area (Å²) in [5.74, 6) is 2.03. The highest BCUT2D eigenvalue weighted by Gasteiger charge is 2.26. The molecule has 1 saturated carbocycles. The second-order valence-corrected chi connectivity index (χ2v) is 4.86. The third-order valence-corrected chi connectivity index (χ3v) is 3.98. The Balaban J connectivity index is 2.40. The van der Waals surface area contributed by atoms with Gasteiger partial charge in [0.05, 0.1) is 6.10 Å². The number of aliphatic hydroxyl groups excluding tert-OH is 1. The maximum Gasteiger partial charge on any atom is 0.0540 e. The van der Waals surface area contributed by atoms with Crippen LogP contribution in [-0.4, -0.2) is 11.2 Å². The molecule has 13 heavy (non-hydrogen) atoms. The Bertz CT molecular complexity index is 136. The molecule has 0 bridgehead atoms. The summed E-state index contributed by atoms with van der Waals surface area (Å²) in [5, 5.41) is 9.52. The second kappa shape index (κ2) is 4.99. The quantitative estimate of drug-likeness (QED) is 0.714. The lowest BCUT2D eigenvalue weighted by Gasteiger charge is -2.33. The molecular formula is C12H24O. The summed E-state index contributed by atoms with van der Waals surface area (Å²) in [6.45, 7) is 6.42. The lowest BCUT2D eigenvalue weighted by molar-refractivity contribution is 0.0719. The highest BCUT2D eigenvalue weighted by Crippen LogP contribution is 2.34.